The molecular weight excluding hydrogens is 486 g/mol. The Morgan fingerprint density at radius 3 is 2.20 bits per heavy atom. The molecule has 0 aromatic heterocycles. The highest BCUT2D eigenvalue weighted by molar-refractivity contribution is 7.89. The number of benzene rings is 2. The predicted octanol–water partition coefficient (Wildman–Crippen LogP) is 5.74. The van der Waals surface area contributed by atoms with E-state index in [0.29, 0.717) is 35.0 Å². The van der Waals surface area contributed by atoms with E-state index in [9.17, 15) is 18.3 Å². The summed E-state index contributed by atoms with van der Waals surface area (Å²) >= 11 is 6.17. The van der Waals surface area contributed by atoms with Crippen LogP contribution in [-0.4, -0.2) is 43.0 Å². The van der Waals surface area contributed by atoms with Crippen LogP contribution in [0.3, 0.4) is 0 Å². The molecule has 0 aliphatic rings. The summed E-state index contributed by atoms with van der Waals surface area (Å²) in [5.74, 6) is 5.25. The van der Waals surface area contributed by atoms with Crippen LogP contribution in [0, 0.1) is 24.2 Å². The van der Waals surface area contributed by atoms with Gasteiger partial charge in [-0.2, -0.15) is 4.31 Å². The number of nitrogens with zero attached hydrogens (tertiary/aromatic N) is 1. The molecule has 1 N–H and O–H groups in total. The number of carboxylic acid groups (broad SMARTS) is 1. The first-order valence-electron chi connectivity index (χ1n) is 11.6. The van der Waals surface area contributed by atoms with E-state index < -0.39 is 27.5 Å². The van der Waals surface area contributed by atoms with Gasteiger partial charge in [0, 0.05) is 29.1 Å². The maximum Gasteiger partial charge on any atom is 0.345 e. The Labute approximate surface area is 214 Å². The topological polar surface area (TPSA) is 83.9 Å². The van der Waals surface area contributed by atoms with E-state index in [2.05, 4.69) is 11.8 Å². The second kappa shape index (κ2) is 11.9. The smallest absolute Gasteiger partial charge is 0.345 e. The van der Waals surface area contributed by atoms with Gasteiger partial charge in [0.05, 0.1) is 10.5 Å². The molecule has 0 aliphatic carbocycles. The normalized spacial score (nSPS) is 12.7. The largest absolute Gasteiger partial charge is 0.478 e. The minimum Gasteiger partial charge on any atom is -0.478 e. The van der Waals surface area contributed by atoms with E-state index in [4.69, 9.17) is 16.3 Å². The number of hydrogen-bond donors (Lipinski definition) is 1. The van der Waals surface area contributed by atoms with Crippen LogP contribution in [0.25, 0.3) is 0 Å². The summed E-state index contributed by atoms with van der Waals surface area (Å²) in [6, 6.07) is 9.72. The number of halogens is 1. The van der Waals surface area contributed by atoms with Crippen LogP contribution in [0.4, 0.5) is 0 Å². The lowest BCUT2D eigenvalue weighted by Crippen LogP contribution is -2.39. The quantitative estimate of drug-likeness (QED) is 0.427. The number of aryl methyl sites for hydroxylation is 1. The number of rotatable bonds is 9. The van der Waals surface area contributed by atoms with Gasteiger partial charge in [-0.05, 0) is 55.7 Å². The summed E-state index contributed by atoms with van der Waals surface area (Å²) in [6.07, 6.45) is 0.352. The van der Waals surface area contributed by atoms with Crippen molar-refractivity contribution in [2.45, 2.75) is 65.4 Å². The lowest BCUT2D eigenvalue weighted by molar-refractivity contribution is -0.150. The van der Waals surface area contributed by atoms with Crippen molar-refractivity contribution in [3.05, 3.63) is 58.1 Å². The monoisotopic (exact) mass is 519 g/mol. The molecule has 0 saturated carbocycles. The maximum atomic E-state index is 13.2. The summed E-state index contributed by atoms with van der Waals surface area (Å²) in [5.41, 5.74) is 1.13. The third kappa shape index (κ3) is 7.47. The van der Waals surface area contributed by atoms with Gasteiger partial charge in [-0.15, -0.1) is 0 Å². The van der Waals surface area contributed by atoms with Crippen molar-refractivity contribution in [3.8, 4) is 17.6 Å². The molecule has 1 atom stereocenters. The number of ether oxygens (including phenoxy) is 1. The van der Waals surface area contributed by atoms with Crippen LogP contribution in [0.5, 0.6) is 5.75 Å². The number of hydrogen-bond acceptors (Lipinski definition) is 4. The van der Waals surface area contributed by atoms with Crippen molar-refractivity contribution in [3.63, 3.8) is 0 Å². The summed E-state index contributed by atoms with van der Waals surface area (Å²) in [5, 5.41) is 10.1. The molecule has 35 heavy (non-hydrogen) atoms. The van der Waals surface area contributed by atoms with Crippen LogP contribution >= 0.6 is 11.6 Å². The van der Waals surface area contributed by atoms with E-state index in [0.717, 1.165) is 18.4 Å². The molecule has 0 spiro atoms. The molecule has 0 bridgehead atoms. The second-order valence-corrected chi connectivity index (χ2v) is 11.8. The van der Waals surface area contributed by atoms with Gasteiger partial charge < -0.3 is 9.84 Å². The number of carbonyl (C=O) groups is 1. The zero-order valence-electron chi connectivity index (χ0n) is 21.2. The van der Waals surface area contributed by atoms with Crippen molar-refractivity contribution < 1.29 is 23.1 Å². The lowest BCUT2D eigenvalue weighted by Gasteiger charge is -2.28. The third-order valence-corrected chi connectivity index (χ3v) is 7.45. The third-order valence-electron chi connectivity index (χ3n) is 5.32. The fourth-order valence-corrected chi connectivity index (χ4v) is 5.28. The molecule has 0 radical (unpaired) electrons. The number of carboxylic acids is 1. The van der Waals surface area contributed by atoms with Crippen LogP contribution in [0.1, 0.15) is 64.2 Å². The number of sulfonamides is 1. The molecule has 0 aliphatic heterocycles. The molecule has 2 rings (SSSR count). The first-order valence-corrected chi connectivity index (χ1v) is 13.4. The molecule has 0 heterocycles. The Kier molecular flexibility index (Phi) is 9.79. The van der Waals surface area contributed by atoms with Crippen LogP contribution in [0.15, 0.2) is 41.3 Å². The summed E-state index contributed by atoms with van der Waals surface area (Å²) in [6.45, 7) is 12.0. The molecule has 2 aromatic rings. The lowest BCUT2D eigenvalue weighted by atomic mass is 9.89. The zero-order chi connectivity index (χ0) is 26.4. The highest BCUT2D eigenvalue weighted by Crippen LogP contribution is 2.29. The summed E-state index contributed by atoms with van der Waals surface area (Å²) in [4.78, 5) is 12.0. The minimum absolute atomic E-state index is 0.190. The Balaban J connectivity index is 2.51. The van der Waals surface area contributed by atoms with Gasteiger partial charge in [0.2, 0.25) is 10.0 Å². The van der Waals surface area contributed by atoms with E-state index in [1.807, 2.05) is 20.8 Å². The van der Waals surface area contributed by atoms with Gasteiger partial charge in [-0.1, -0.05) is 64.1 Å². The molecule has 6 nitrogen and oxygen atoms in total. The Morgan fingerprint density at radius 2 is 1.66 bits per heavy atom. The van der Waals surface area contributed by atoms with Crippen molar-refractivity contribution in [1.82, 2.24) is 4.31 Å². The summed E-state index contributed by atoms with van der Waals surface area (Å²) < 4.78 is 33.8. The fourth-order valence-electron chi connectivity index (χ4n) is 3.46. The van der Waals surface area contributed by atoms with Crippen LogP contribution in [0.2, 0.25) is 5.02 Å². The molecule has 0 amide bonds. The highest BCUT2D eigenvalue weighted by atomic mass is 35.5. The predicted molar refractivity (Wildman–Crippen MR) is 139 cm³/mol. The van der Waals surface area contributed by atoms with Crippen LogP contribution in [-0.2, 0) is 14.8 Å². The van der Waals surface area contributed by atoms with Crippen molar-refractivity contribution >= 4 is 27.6 Å². The van der Waals surface area contributed by atoms with Gasteiger partial charge >= 0.3 is 5.97 Å². The average molecular weight is 520 g/mol. The molecule has 0 fully saturated rings. The second-order valence-electron chi connectivity index (χ2n) is 9.47. The average Bonchev–Trinajstić information content (AvgIpc) is 2.76. The van der Waals surface area contributed by atoms with Crippen molar-refractivity contribution in [2.24, 2.45) is 5.41 Å². The Morgan fingerprint density at radius 1 is 1.06 bits per heavy atom. The Bertz CT molecular complexity index is 1220. The SMILES string of the molecule is CCCN(CCC)S(=O)(=O)c1ccc(C)c(C#Cc2cc(Cl)ccc2OC(C(=O)O)C(C)(C)C)c1. The number of aliphatic carboxylic acids is 1. The van der Waals surface area contributed by atoms with Gasteiger partial charge in [0.25, 0.3) is 0 Å². The molecule has 8 heteroatoms. The Hall–Kier alpha value is -2.53. The van der Waals surface area contributed by atoms with Crippen LogP contribution < -0.4 is 4.74 Å². The maximum absolute atomic E-state index is 13.2. The van der Waals surface area contributed by atoms with E-state index >= 15 is 0 Å². The van der Waals surface area contributed by atoms with E-state index in [1.54, 1.807) is 57.2 Å². The van der Waals surface area contributed by atoms with Gasteiger partial charge in [-0.3, -0.25) is 0 Å². The van der Waals surface area contributed by atoms with Gasteiger partial charge in [-0.25, -0.2) is 13.2 Å². The highest BCUT2D eigenvalue weighted by Gasteiger charge is 2.34. The molecule has 1 unspecified atom stereocenters. The van der Waals surface area contributed by atoms with E-state index in [1.165, 1.54) is 4.31 Å². The minimum atomic E-state index is -3.65. The van der Waals surface area contributed by atoms with Gasteiger partial charge in [0.15, 0.2) is 6.10 Å². The van der Waals surface area contributed by atoms with E-state index in [-0.39, 0.29) is 4.90 Å². The van der Waals surface area contributed by atoms with Gasteiger partial charge in [0.1, 0.15) is 5.75 Å². The first kappa shape index (κ1) is 28.7. The molecular formula is C27H34ClNO5S. The van der Waals surface area contributed by atoms with Crippen molar-refractivity contribution in [1.29, 1.82) is 0 Å². The molecule has 190 valence electrons. The zero-order valence-corrected chi connectivity index (χ0v) is 22.8. The summed E-state index contributed by atoms with van der Waals surface area (Å²) in [7, 11) is -3.65. The molecule has 2 aromatic carbocycles. The fraction of sp³-hybridized carbons (Fsp3) is 0.444. The molecule has 0 saturated heterocycles. The van der Waals surface area contributed by atoms with Crippen molar-refractivity contribution in [2.75, 3.05) is 13.1 Å². The first-order chi connectivity index (χ1) is 16.3. The standard InChI is InChI=1S/C27H34ClNO5S/c1-7-15-29(16-8-2)35(32,33)23-13-9-19(3)20(18-23)10-11-21-17-22(28)12-14-24(21)34-25(26(30)31)27(4,5)6/h9,12-14,17-18,25H,7-8,15-16H2,1-6H3,(H,30,31).